The van der Waals surface area contributed by atoms with Crippen LogP contribution in [0.15, 0.2) is 42.5 Å². The fourth-order valence-corrected chi connectivity index (χ4v) is 4.15. The molecule has 33 heavy (non-hydrogen) atoms. The SMILES string of the molecule is N#Cc1ccc(-c2ccc(O[C@H]3O[C@H](CO)[C@@H](OP(=O)(O[NH3+])O[NH3+])[C@H](O)[C@@H]3O)c(Cl)c2)cc1. The van der Waals surface area contributed by atoms with E-state index in [1.807, 2.05) is 6.07 Å². The van der Waals surface area contributed by atoms with E-state index in [2.05, 4.69) is 21.0 Å². The highest BCUT2D eigenvalue weighted by Crippen LogP contribution is 2.48. The first-order chi connectivity index (χ1) is 15.7. The summed E-state index contributed by atoms with van der Waals surface area (Å²) in [7, 11) is -4.26. The smallest absolute Gasteiger partial charge is 0.460 e. The van der Waals surface area contributed by atoms with Crippen molar-refractivity contribution in [3.05, 3.63) is 53.1 Å². The van der Waals surface area contributed by atoms with Crippen LogP contribution in [0.5, 0.6) is 5.75 Å². The lowest BCUT2D eigenvalue weighted by Gasteiger charge is -2.41. The fourth-order valence-electron chi connectivity index (χ4n) is 3.17. The van der Waals surface area contributed by atoms with E-state index in [4.69, 9.17) is 30.9 Å². The highest BCUT2D eigenvalue weighted by molar-refractivity contribution is 7.48. The molecular formula is C19H23ClN3O9P+2. The first-order valence-electron chi connectivity index (χ1n) is 9.50. The number of hydrogen-bond acceptors (Lipinski definition) is 10. The lowest BCUT2D eigenvalue weighted by atomic mass is 9.99. The number of nitriles is 1. The molecule has 0 aromatic heterocycles. The summed E-state index contributed by atoms with van der Waals surface area (Å²) in [6.45, 7) is -0.687. The van der Waals surface area contributed by atoms with Gasteiger partial charge in [-0.25, -0.2) is 16.4 Å². The van der Waals surface area contributed by atoms with Gasteiger partial charge < -0.3 is 24.8 Å². The molecule has 0 radical (unpaired) electrons. The van der Waals surface area contributed by atoms with Crippen LogP contribution in [0, 0.1) is 11.3 Å². The van der Waals surface area contributed by atoms with E-state index in [0.29, 0.717) is 5.56 Å². The zero-order valence-electron chi connectivity index (χ0n) is 17.1. The second-order valence-corrected chi connectivity index (χ2v) is 8.96. The number of halogens is 1. The molecule has 0 unspecified atom stereocenters. The molecule has 12 nitrogen and oxygen atoms in total. The lowest BCUT2D eigenvalue weighted by molar-refractivity contribution is -0.684. The predicted octanol–water partition coefficient (Wildman–Crippen LogP) is -0.463. The van der Waals surface area contributed by atoms with E-state index >= 15 is 0 Å². The minimum atomic E-state index is -4.26. The van der Waals surface area contributed by atoms with Gasteiger partial charge in [0.2, 0.25) is 6.29 Å². The molecule has 1 saturated heterocycles. The van der Waals surface area contributed by atoms with Crippen molar-refractivity contribution >= 4 is 19.4 Å². The van der Waals surface area contributed by atoms with Crippen molar-refractivity contribution in [3.63, 3.8) is 0 Å². The van der Waals surface area contributed by atoms with Crippen molar-refractivity contribution in [2.45, 2.75) is 30.7 Å². The number of rotatable bonds is 8. The van der Waals surface area contributed by atoms with E-state index in [1.165, 1.54) is 6.07 Å². The van der Waals surface area contributed by atoms with E-state index in [1.54, 1.807) is 36.4 Å². The monoisotopic (exact) mass is 503 g/mol. The molecule has 2 aromatic carbocycles. The fraction of sp³-hybridized carbons (Fsp3) is 0.316. The Morgan fingerprint density at radius 1 is 1.09 bits per heavy atom. The number of aliphatic hydroxyl groups excluding tert-OH is 3. The third-order valence-electron chi connectivity index (χ3n) is 4.91. The van der Waals surface area contributed by atoms with Crippen LogP contribution in [0.2, 0.25) is 5.02 Å². The Bertz CT molecular complexity index is 1040. The van der Waals surface area contributed by atoms with Crippen molar-refractivity contribution in [2.75, 3.05) is 6.61 Å². The lowest BCUT2D eigenvalue weighted by Crippen LogP contribution is -2.62. The Kier molecular flexibility index (Phi) is 8.41. The largest absolute Gasteiger partial charge is 0.567 e. The van der Waals surface area contributed by atoms with Gasteiger partial charge in [-0.2, -0.15) is 5.26 Å². The molecule has 0 amide bonds. The standard InChI is InChI=1S/C19H23ClN3O9P/c20-13-7-12(11-3-1-10(8-21)2-4-11)5-6-14(13)28-19-17(26)16(25)18(15(9-24)29-19)30-33(27,31-22)32-23/h1-7,15-19,24-26H,9H2,22-23H3/q+2/t15-,16-,17+,18-,19+/m1/s1. The number of aliphatic hydroxyl groups is 3. The third kappa shape index (κ3) is 5.70. The average Bonchev–Trinajstić information content (AvgIpc) is 2.84. The molecule has 0 spiro atoms. The first-order valence-corrected chi connectivity index (χ1v) is 11.3. The van der Waals surface area contributed by atoms with Crippen LogP contribution >= 0.6 is 19.4 Å². The summed E-state index contributed by atoms with van der Waals surface area (Å²) in [4.78, 5) is 0. The van der Waals surface area contributed by atoms with E-state index in [9.17, 15) is 19.9 Å². The highest BCUT2D eigenvalue weighted by Gasteiger charge is 2.50. The Morgan fingerprint density at radius 3 is 2.27 bits per heavy atom. The molecular weight excluding hydrogens is 481 g/mol. The summed E-state index contributed by atoms with van der Waals surface area (Å²) in [6, 6.07) is 13.8. The van der Waals surface area contributed by atoms with Gasteiger partial charge in [0.05, 0.1) is 23.3 Å². The molecule has 1 aliphatic rings. The summed E-state index contributed by atoms with van der Waals surface area (Å²) >= 11 is 6.33. The highest BCUT2D eigenvalue weighted by atomic mass is 35.5. The number of nitrogens with zero attached hydrogens (tertiary/aromatic N) is 1. The molecule has 5 atom stereocenters. The molecule has 9 N–H and O–H groups in total. The van der Waals surface area contributed by atoms with Gasteiger partial charge >= 0.3 is 7.82 Å². The molecule has 14 heteroatoms. The van der Waals surface area contributed by atoms with Gasteiger partial charge in [0, 0.05) is 0 Å². The van der Waals surface area contributed by atoms with Crippen LogP contribution < -0.4 is 16.5 Å². The van der Waals surface area contributed by atoms with Crippen molar-refractivity contribution in [1.29, 1.82) is 5.26 Å². The normalized spacial score (nSPS) is 25.4. The van der Waals surface area contributed by atoms with Gasteiger partial charge in [0.15, 0.2) is 0 Å². The minimum absolute atomic E-state index is 0.134. The molecule has 0 bridgehead atoms. The summed E-state index contributed by atoms with van der Waals surface area (Å²) < 4.78 is 37.1. The van der Waals surface area contributed by atoms with Gasteiger partial charge in [-0.05, 0) is 35.4 Å². The topological polar surface area (TPSA) is 203 Å². The summed E-state index contributed by atoms with van der Waals surface area (Å²) in [5.74, 6) is 6.04. The van der Waals surface area contributed by atoms with Gasteiger partial charge in [0.1, 0.15) is 30.2 Å². The van der Waals surface area contributed by atoms with Crippen molar-refractivity contribution in [1.82, 2.24) is 0 Å². The Morgan fingerprint density at radius 2 is 1.73 bits per heavy atom. The summed E-state index contributed by atoms with van der Waals surface area (Å²) in [5, 5.41) is 39.7. The number of ether oxygens (including phenoxy) is 2. The maximum absolute atomic E-state index is 12.1. The number of hydrogen-bond donors (Lipinski definition) is 5. The summed E-state index contributed by atoms with van der Waals surface area (Å²) in [6.07, 6.45) is -7.63. The Hall–Kier alpha value is -2.11. The molecule has 2 aromatic rings. The van der Waals surface area contributed by atoms with Crippen LogP contribution in [0.1, 0.15) is 5.56 Å². The number of benzene rings is 2. The molecule has 0 aliphatic carbocycles. The van der Waals surface area contributed by atoms with E-state index in [-0.39, 0.29) is 10.8 Å². The third-order valence-corrected chi connectivity index (χ3v) is 6.34. The van der Waals surface area contributed by atoms with Crippen LogP contribution in [0.3, 0.4) is 0 Å². The van der Waals surface area contributed by atoms with Crippen molar-refractivity contribution in [3.8, 4) is 22.9 Å². The first kappa shape index (κ1) is 25.5. The molecule has 0 saturated carbocycles. The second-order valence-electron chi connectivity index (χ2n) is 6.93. The van der Waals surface area contributed by atoms with Crippen molar-refractivity contribution in [2.24, 2.45) is 0 Å². The van der Waals surface area contributed by atoms with E-state index < -0.39 is 45.1 Å². The quantitative estimate of drug-likeness (QED) is 0.231. The van der Waals surface area contributed by atoms with Crippen molar-refractivity contribution < 1.29 is 54.9 Å². The molecule has 1 aliphatic heterocycles. The predicted molar refractivity (Wildman–Crippen MR) is 110 cm³/mol. The van der Waals surface area contributed by atoms with Crippen LogP contribution in [-0.4, -0.2) is 52.6 Å². The zero-order valence-corrected chi connectivity index (χ0v) is 18.8. The van der Waals surface area contributed by atoms with Gasteiger partial charge in [-0.3, -0.25) is 4.52 Å². The van der Waals surface area contributed by atoms with Gasteiger partial charge in [-0.15, -0.1) is 0 Å². The minimum Gasteiger partial charge on any atom is -0.460 e. The van der Waals surface area contributed by atoms with Crippen LogP contribution in [-0.2, 0) is 23.1 Å². The molecule has 3 rings (SSSR count). The van der Waals surface area contributed by atoms with Gasteiger partial charge in [0.25, 0.3) is 0 Å². The van der Waals surface area contributed by atoms with Crippen LogP contribution in [0.4, 0.5) is 0 Å². The second kappa shape index (κ2) is 10.9. The molecule has 1 fully saturated rings. The number of quaternary nitrogens is 2. The average molecular weight is 504 g/mol. The maximum atomic E-state index is 12.1. The Balaban J connectivity index is 1.76. The molecule has 1 heterocycles. The maximum Gasteiger partial charge on any atom is 0.567 e. The number of phosphoric acid groups is 1. The molecule has 178 valence electrons. The zero-order chi connectivity index (χ0) is 24.2. The van der Waals surface area contributed by atoms with E-state index in [0.717, 1.165) is 11.1 Å². The Labute approximate surface area is 193 Å². The summed E-state index contributed by atoms with van der Waals surface area (Å²) in [5.41, 5.74) is 2.09. The van der Waals surface area contributed by atoms with Crippen LogP contribution in [0.25, 0.3) is 11.1 Å². The van der Waals surface area contributed by atoms with Gasteiger partial charge in [-0.1, -0.05) is 39.0 Å².